The van der Waals surface area contributed by atoms with E-state index in [9.17, 15) is 0 Å². The lowest BCUT2D eigenvalue weighted by molar-refractivity contribution is 0.395. The molecule has 0 unspecified atom stereocenters. The van der Waals surface area contributed by atoms with Gasteiger partial charge in [0.05, 0.1) is 0 Å². The molecule has 0 aromatic heterocycles. The average Bonchev–Trinajstić information content (AvgIpc) is 1.60. The van der Waals surface area contributed by atoms with Crippen molar-refractivity contribution in [1.82, 2.24) is 0 Å². The van der Waals surface area contributed by atoms with Crippen LogP contribution in [0.1, 0.15) is 13.8 Å². The van der Waals surface area contributed by atoms with Gasteiger partial charge in [0.15, 0.2) is 0 Å². The molecule has 1 N–H and O–H groups in total. The summed E-state index contributed by atoms with van der Waals surface area (Å²) in [5, 5.41) is 9.02. The van der Waals surface area contributed by atoms with Gasteiger partial charge in [-0.2, -0.15) is 0 Å². The van der Waals surface area contributed by atoms with Gasteiger partial charge in [0.25, 0.3) is 0 Å². The molecule has 0 fully saturated rings. The van der Waals surface area contributed by atoms with Gasteiger partial charge in [-0.3, -0.25) is 0 Å². The Bertz CT molecular complexity index is 134. The molecule has 0 rings (SSSR count). The Labute approximate surface area is 75.6 Å². The molecule has 10 heavy (non-hydrogen) atoms. The maximum absolute atomic E-state index is 9.02. The van der Waals surface area contributed by atoms with Crippen molar-refractivity contribution >= 4 is 34.8 Å². The monoisotopic (exact) mass is 202 g/mol. The van der Waals surface area contributed by atoms with Gasteiger partial charge < -0.3 is 5.11 Å². The SMILES string of the molecule is CC(C)C=C(O)C(Cl)(Cl)Cl. The highest BCUT2D eigenvalue weighted by Crippen LogP contribution is 2.33. The topological polar surface area (TPSA) is 20.2 Å². The van der Waals surface area contributed by atoms with E-state index in [1.165, 1.54) is 6.08 Å². The third-order valence-electron chi connectivity index (χ3n) is 0.782. The predicted molar refractivity (Wildman–Crippen MR) is 45.8 cm³/mol. The van der Waals surface area contributed by atoms with Crippen molar-refractivity contribution in [1.29, 1.82) is 0 Å². The van der Waals surface area contributed by atoms with E-state index < -0.39 is 3.79 Å². The van der Waals surface area contributed by atoms with Gasteiger partial charge in [-0.1, -0.05) is 48.7 Å². The molecule has 0 saturated carbocycles. The van der Waals surface area contributed by atoms with E-state index in [-0.39, 0.29) is 11.7 Å². The molecule has 0 aliphatic carbocycles. The van der Waals surface area contributed by atoms with Crippen molar-refractivity contribution in [2.24, 2.45) is 5.92 Å². The predicted octanol–water partition coefficient (Wildman–Crippen LogP) is 3.45. The Kier molecular flexibility index (Phi) is 3.85. The minimum atomic E-state index is -1.68. The van der Waals surface area contributed by atoms with Crippen LogP contribution >= 0.6 is 34.8 Å². The van der Waals surface area contributed by atoms with Crippen LogP contribution < -0.4 is 0 Å². The molecular weight excluding hydrogens is 194 g/mol. The first kappa shape index (κ1) is 10.4. The van der Waals surface area contributed by atoms with E-state index in [2.05, 4.69) is 0 Å². The summed E-state index contributed by atoms with van der Waals surface area (Å²) in [6.45, 7) is 3.76. The zero-order valence-corrected chi connectivity index (χ0v) is 8.00. The molecule has 4 heteroatoms. The number of rotatable bonds is 1. The molecule has 0 radical (unpaired) electrons. The molecule has 0 aliphatic heterocycles. The lowest BCUT2D eigenvalue weighted by Crippen LogP contribution is -2.07. The summed E-state index contributed by atoms with van der Waals surface area (Å²) in [7, 11) is 0. The summed E-state index contributed by atoms with van der Waals surface area (Å²) in [5.41, 5.74) is 0. The second-order valence-corrected chi connectivity index (χ2v) is 4.57. The number of alkyl halides is 3. The number of halogens is 3. The molecule has 0 saturated heterocycles. The van der Waals surface area contributed by atoms with E-state index in [0.29, 0.717) is 0 Å². The lowest BCUT2D eigenvalue weighted by Gasteiger charge is -2.09. The highest BCUT2D eigenvalue weighted by molar-refractivity contribution is 6.69. The third-order valence-corrected chi connectivity index (χ3v) is 1.36. The first-order valence-corrected chi connectivity index (χ1v) is 3.95. The van der Waals surface area contributed by atoms with Crippen LogP contribution in [0, 0.1) is 5.92 Å². The van der Waals surface area contributed by atoms with Crippen LogP contribution in [0.4, 0.5) is 0 Å². The van der Waals surface area contributed by atoms with Crippen molar-refractivity contribution in [2.75, 3.05) is 0 Å². The van der Waals surface area contributed by atoms with Crippen molar-refractivity contribution in [2.45, 2.75) is 17.6 Å². The normalized spacial score (nSPS) is 14.4. The quantitative estimate of drug-likeness (QED) is 0.511. The van der Waals surface area contributed by atoms with Gasteiger partial charge in [-0.25, -0.2) is 0 Å². The Hall–Kier alpha value is 0.410. The Balaban J connectivity index is 4.20. The van der Waals surface area contributed by atoms with Gasteiger partial charge in [0, 0.05) is 0 Å². The van der Waals surface area contributed by atoms with Crippen LogP contribution in [-0.2, 0) is 0 Å². The molecule has 0 heterocycles. The molecule has 1 nitrogen and oxygen atoms in total. The summed E-state index contributed by atoms with van der Waals surface area (Å²) >= 11 is 16.0. The summed E-state index contributed by atoms with van der Waals surface area (Å²) in [6, 6.07) is 0. The lowest BCUT2D eigenvalue weighted by atomic mass is 10.2. The first-order valence-electron chi connectivity index (χ1n) is 2.82. The fourth-order valence-electron chi connectivity index (χ4n) is 0.410. The van der Waals surface area contributed by atoms with E-state index in [1.54, 1.807) is 0 Å². The largest absolute Gasteiger partial charge is 0.508 e. The van der Waals surface area contributed by atoms with Crippen molar-refractivity contribution < 1.29 is 5.11 Å². The van der Waals surface area contributed by atoms with Crippen LogP contribution in [0.15, 0.2) is 11.8 Å². The van der Waals surface area contributed by atoms with Crippen molar-refractivity contribution in [3.05, 3.63) is 11.8 Å². The van der Waals surface area contributed by atoms with Crippen LogP contribution in [-0.4, -0.2) is 8.90 Å². The molecule has 60 valence electrons. The minimum Gasteiger partial charge on any atom is -0.508 e. The second-order valence-electron chi connectivity index (χ2n) is 2.29. The van der Waals surface area contributed by atoms with Gasteiger partial charge >= 0.3 is 0 Å². The molecule has 0 amide bonds. The Morgan fingerprint density at radius 3 is 1.90 bits per heavy atom. The molecule has 0 aromatic rings. The molecule has 0 bridgehead atoms. The molecule has 0 aliphatic rings. The van der Waals surface area contributed by atoms with Gasteiger partial charge in [-0.05, 0) is 12.0 Å². The van der Waals surface area contributed by atoms with E-state index in [0.717, 1.165) is 0 Å². The maximum Gasteiger partial charge on any atom is 0.246 e. The number of allylic oxidation sites excluding steroid dienone is 2. The fourth-order valence-corrected chi connectivity index (χ4v) is 0.599. The highest BCUT2D eigenvalue weighted by Gasteiger charge is 2.25. The van der Waals surface area contributed by atoms with Gasteiger partial charge in [0.2, 0.25) is 3.79 Å². The number of hydrogen-bond donors (Lipinski definition) is 1. The van der Waals surface area contributed by atoms with E-state index in [4.69, 9.17) is 39.9 Å². The number of aliphatic hydroxyl groups is 1. The molecule has 0 atom stereocenters. The summed E-state index contributed by atoms with van der Waals surface area (Å²) < 4.78 is -1.68. The average molecular weight is 203 g/mol. The Morgan fingerprint density at radius 2 is 1.80 bits per heavy atom. The minimum absolute atomic E-state index is 0.177. The third kappa shape index (κ3) is 4.26. The zero-order chi connectivity index (χ0) is 8.36. The van der Waals surface area contributed by atoms with Crippen LogP contribution in [0.25, 0.3) is 0 Å². The van der Waals surface area contributed by atoms with Gasteiger partial charge in [-0.15, -0.1) is 0 Å². The molecule has 0 aromatic carbocycles. The fraction of sp³-hybridized carbons (Fsp3) is 0.667. The zero-order valence-electron chi connectivity index (χ0n) is 5.74. The highest BCUT2D eigenvalue weighted by atomic mass is 35.6. The van der Waals surface area contributed by atoms with Crippen LogP contribution in [0.2, 0.25) is 0 Å². The maximum atomic E-state index is 9.02. The van der Waals surface area contributed by atoms with Gasteiger partial charge in [0.1, 0.15) is 5.76 Å². The Morgan fingerprint density at radius 1 is 1.40 bits per heavy atom. The molecule has 0 spiro atoms. The number of aliphatic hydroxyl groups excluding tert-OH is 1. The summed E-state index contributed by atoms with van der Waals surface area (Å²) in [6.07, 6.45) is 1.49. The summed E-state index contributed by atoms with van der Waals surface area (Å²) in [4.78, 5) is 0. The van der Waals surface area contributed by atoms with Crippen LogP contribution in [0.3, 0.4) is 0 Å². The summed E-state index contributed by atoms with van der Waals surface area (Å²) in [5.74, 6) is -0.0388. The standard InChI is InChI=1S/C6H9Cl3O/c1-4(2)3-5(10)6(7,8)9/h3-4,10H,1-2H3. The van der Waals surface area contributed by atoms with Crippen LogP contribution in [0.5, 0.6) is 0 Å². The van der Waals surface area contributed by atoms with E-state index in [1.807, 2.05) is 13.8 Å². The second kappa shape index (κ2) is 3.70. The number of hydrogen-bond acceptors (Lipinski definition) is 1. The smallest absolute Gasteiger partial charge is 0.246 e. The molecular formula is C6H9Cl3O. The first-order chi connectivity index (χ1) is 4.34. The van der Waals surface area contributed by atoms with Crippen molar-refractivity contribution in [3.63, 3.8) is 0 Å². The van der Waals surface area contributed by atoms with Crippen molar-refractivity contribution in [3.8, 4) is 0 Å². The van der Waals surface area contributed by atoms with E-state index >= 15 is 0 Å².